The van der Waals surface area contributed by atoms with Gasteiger partial charge in [0.05, 0.1) is 11.8 Å². The number of aromatic nitrogens is 2. The summed E-state index contributed by atoms with van der Waals surface area (Å²) in [6.07, 6.45) is 3.38. The molecule has 1 aromatic heterocycles. The van der Waals surface area contributed by atoms with Crippen molar-refractivity contribution in [2.45, 2.75) is 19.8 Å². The molecule has 3 N–H and O–H groups in total. The van der Waals surface area contributed by atoms with Gasteiger partial charge in [0, 0.05) is 20.1 Å². The Labute approximate surface area is 124 Å². The van der Waals surface area contributed by atoms with Gasteiger partial charge in [0.25, 0.3) is 0 Å². The number of hydrogen-bond donors (Lipinski definition) is 2. The summed E-state index contributed by atoms with van der Waals surface area (Å²) in [5, 5.41) is 3.99. The lowest BCUT2D eigenvalue weighted by molar-refractivity contribution is 0.282. The molecule has 1 aliphatic heterocycles. The molecular weight excluding hydrogens is 298 g/mol. The minimum Gasteiger partial charge on any atom is -0.389 e. The standard InChI is InChI=1S/C11H19N5O2S2/c1-8-4-3-5-16(7-8)20(17,18)14-11-9(10(12)19)6-13-15(11)2/h6,8,14H,3-5,7H2,1-2H3,(H2,12,19). The van der Waals surface area contributed by atoms with Crippen LogP contribution in [0.5, 0.6) is 0 Å². The van der Waals surface area contributed by atoms with Crippen LogP contribution >= 0.6 is 12.2 Å². The molecule has 2 rings (SSSR count). The van der Waals surface area contributed by atoms with Crippen LogP contribution in [0.3, 0.4) is 0 Å². The van der Waals surface area contributed by atoms with Crippen LogP contribution in [0.1, 0.15) is 25.3 Å². The van der Waals surface area contributed by atoms with Gasteiger partial charge < -0.3 is 5.73 Å². The van der Waals surface area contributed by atoms with E-state index in [2.05, 4.69) is 9.82 Å². The van der Waals surface area contributed by atoms with E-state index in [1.807, 2.05) is 6.92 Å². The lowest BCUT2D eigenvalue weighted by Crippen LogP contribution is -2.42. The number of thiocarbonyl (C=S) groups is 1. The third-order valence-electron chi connectivity index (χ3n) is 3.39. The zero-order valence-electron chi connectivity index (χ0n) is 11.5. The molecule has 0 aromatic carbocycles. The van der Waals surface area contributed by atoms with Gasteiger partial charge in [-0.1, -0.05) is 19.1 Å². The van der Waals surface area contributed by atoms with Crippen molar-refractivity contribution >= 4 is 33.2 Å². The van der Waals surface area contributed by atoms with Gasteiger partial charge in [-0.2, -0.15) is 17.8 Å². The molecule has 0 aliphatic carbocycles. The zero-order chi connectivity index (χ0) is 14.9. The Balaban J connectivity index is 2.24. The van der Waals surface area contributed by atoms with Gasteiger partial charge >= 0.3 is 10.2 Å². The van der Waals surface area contributed by atoms with E-state index in [-0.39, 0.29) is 4.99 Å². The van der Waals surface area contributed by atoms with E-state index >= 15 is 0 Å². The highest BCUT2D eigenvalue weighted by Gasteiger charge is 2.28. The normalized spacial score (nSPS) is 20.8. The minimum absolute atomic E-state index is 0.114. The van der Waals surface area contributed by atoms with E-state index in [9.17, 15) is 8.42 Å². The fraction of sp³-hybridized carbons (Fsp3) is 0.636. The van der Waals surface area contributed by atoms with Crippen LogP contribution in [0.2, 0.25) is 0 Å². The van der Waals surface area contributed by atoms with Crippen LogP contribution in [-0.2, 0) is 17.3 Å². The van der Waals surface area contributed by atoms with E-state index in [1.165, 1.54) is 15.2 Å². The maximum atomic E-state index is 12.4. The summed E-state index contributed by atoms with van der Waals surface area (Å²) in [5.41, 5.74) is 6.00. The minimum atomic E-state index is -3.61. The highest BCUT2D eigenvalue weighted by Crippen LogP contribution is 2.21. The van der Waals surface area contributed by atoms with Crippen LogP contribution in [0.25, 0.3) is 0 Å². The number of anilines is 1. The van der Waals surface area contributed by atoms with Crippen LogP contribution < -0.4 is 10.5 Å². The Morgan fingerprint density at radius 2 is 2.30 bits per heavy atom. The number of nitrogens with zero attached hydrogens (tertiary/aromatic N) is 3. The van der Waals surface area contributed by atoms with Gasteiger partial charge in [-0.3, -0.25) is 9.40 Å². The summed E-state index contributed by atoms with van der Waals surface area (Å²) in [6, 6.07) is 0. The highest BCUT2D eigenvalue weighted by molar-refractivity contribution is 7.90. The van der Waals surface area contributed by atoms with Crippen LogP contribution in [0.15, 0.2) is 6.20 Å². The Bertz CT molecular complexity index is 610. The van der Waals surface area contributed by atoms with Crippen molar-refractivity contribution in [2.24, 2.45) is 18.7 Å². The Hall–Kier alpha value is -1.19. The summed E-state index contributed by atoms with van der Waals surface area (Å²) in [6.45, 7) is 3.10. The molecule has 20 heavy (non-hydrogen) atoms. The maximum Gasteiger partial charge on any atom is 0.302 e. The van der Waals surface area contributed by atoms with Crippen molar-refractivity contribution in [3.8, 4) is 0 Å². The molecule has 2 heterocycles. The molecule has 1 fully saturated rings. The second kappa shape index (κ2) is 5.66. The SMILES string of the molecule is CC1CCCN(S(=O)(=O)Nc2c(C(N)=S)cnn2C)C1. The predicted octanol–water partition coefficient (Wildman–Crippen LogP) is 0.443. The van der Waals surface area contributed by atoms with Crippen molar-refractivity contribution in [1.29, 1.82) is 0 Å². The number of nitrogens with two attached hydrogens (primary N) is 1. The van der Waals surface area contributed by atoms with Crippen LogP contribution in [0, 0.1) is 5.92 Å². The third-order valence-corrected chi connectivity index (χ3v) is 5.07. The second-order valence-electron chi connectivity index (χ2n) is 5.11. The van der Waals surface area contributed by atoms with Gasteiger partial charge in [0.1, 0.15) is 10.8 Å². The Morgan fingerprint density at radius 3 is 2.90 bits per heavy atom. The lowest BCUT2D eigenvalue weighted by Gasteiger charge is -2.30. The van der Waals surface area contributed by atoms with E-state index < -0.39 is 10.2 Å². The van der Waals surface area contributed by atoms with Crippen LogP contribution in [-0.4, -0.2) is 40.6 Å². The molecule has 0 radical (unpaired) electrons. The smallest absolute Gasteiger partial charge is 0.302 e. The first-order chi connectivity index (χ1) is 9.31. The number of piperidine rings is 1. The summed E-state index contributed by atoms with van der Waals surface area (Å²) < 4.78 is 30.2. The first kappa shape index (κ1) is 15.2. The van der Waals surface area contributed by atoms with Crippen molar-refractivity contribution in [2.75, 3.05) is 17.8 Å². The molecule has 7 nitrogen and oxygen atoms in total. The highest BCUT2D eigenvalue weighted by atomic mass is 32.2. The molecule has 1 atom stereocenters. The van der Waals surface area contributed by atoms with E-state index in [0.29, 0.717) is 30.4 Å². The molecule has 112 valence electrons. The number of nitrogens with one attached hydrogen (secondary N) is 1. The average molecular weight is 317 g/mol. The molecule has 1 unspecified atom stereocenters. The first-order valence-electron chi connectivity index (χ1n) is 6.41. The Morgan fingerprint density at radius 1 is 1.60 bits per heavy atom. The molecule has 0 bridgehead atoms. The van der Waals surface area contributed by atoms with Gasteiger partial charge in [-0.05, 0) is 18.8 Å². The molecule has 9 heteroatoms. The van der Waals surface area contributed by atoms with Crippen molar-refractivity contribution in [3.05, 3.63) is 11.8 Å². The summed E-state index contributed by atoms with van der Waals surface area (Å²) >= 11 is 4.90. The maximum absolute atomic E-state index is 12.4. The van der Waals surface area contributed by atoms with Gasteiger partial charge in [-0.25, -0.2) is 0 Å². The van der Waals surface area contributed by atoms with Gasteiger partial charge in [-0.15, -0.1) is 0 Å². The zero-order valence-corrected chi connectivity index (χ0v) is 13.2. The molecule has 1 aromatic rings. The predicted molar refractivity (Wildman–Crippen MR) is 81.6 cm³/mol. The summed E-state index contributed by atoms with van der Waals surface area (Å²) in [5.74, 6) is 0.664. The van der Waals surface area contributed by atoms with Crippen molar-refractivity contribution in [1.82, 2.24) is 14.1 Å². The first-order valence-corrected chi connectivity index (χ1v) is 8.26. The van der Waals surface area contributed by atoms with Gasteiger partial charge in [0.15, 0.2) is 0 Å². The van der Waals surface area contributed by atoms with E-state index in [0.717, 1.165) is 12.8 Å². The monoisotopic (exact) mass is 317 g/mol. The fourth-order valence-electron chi connectivity index (χ4n) is 2.29. The molecular formula is C11H19N5O2S2. The number of aryl methyl sites for hydroxylation is 1. The van der Waals surface area contributed by atoms with E-state index in [4.69, 9.17) is 18.0 Å². The summed E-state index contributed by atoms with van der Waals surface area (Å²) in [4.78, 5) is 0.114. The van der Waals surface area contributed by atoms with Crippen molar-refractivity contribution in [3.63, 3.8) is 0 Å². The average Bonchev–Trinajstić information content (AvgIpc) is 2.71. The molecule has 0 amide bonds. The second-order valence-corrected chi connectivity index (χ2v) is 7.22. The molecule has 0 saturated carbocycles. The van der Waals surface area contributed by atoms with Gasteiger partial charge in [0.2, 0.25) is 0 Å². The molecule has 0 spiro atoms. The molecule has 1 saturated heterocycles. The third kappa shape index (κ3) is 3.10. The van der Waals surface area contributed by atoms with Crippen molar-refractivity contribution < 1.29 is 8.42 Å². The Kier molecular flexibility index (Phi) is 4.31. The molecule has 1 aliphatic rings. The van der Waals surface area contributed by atoms with Crippen LogP contribution in [0.4, 0.5) is 5.82 Å². The number of hydrogen-bond acceptors (Lipinski definition) is 4. The lowest BCUT2D eigenvalue weighted by atomic mass is 10.0. The quantitative estimate of drug-likeness (QED) is 0.786. The summed E-state index contributed by atoms with van der Waals surface area (Å²) in [7, 11) is -1.97. The largest absolute Gasteiger partial charge is 0.389 e. The number of rotatable bonds is 4. The van der Waals surface area contributed by atoms with E-state index in [1.54, 1.807) is 7.05 Å². The fourth-order valence-corrected chi connectivity index (χ4v) is 3.88. The topological polar surface area (TPSA) is 93.2 Å².